The fourth-order valence-electron chi connectivity index (χ4n) is 4.14. The maximum Gasteiger partial charge on any atom is 0.202 e. The molecule has 0 aliphatic carbocycles. The van der Waals surface area contributed by atoms with E-state index in [0.717, 1.165) is 22.0 Å². The summed E-state index contributed by atoms with van der Waals surface area (Å²) >= 11 is 1.64. The second-order valence-electron chi connectivity index (χ2n) is 8.46. The molecule has 0 radical (unpaired) electrons. The number of ether oxygens (including phenoxy) is 1. The Labute approximate surface area is 195 Å². The zero-order valence-corrected chi connectivity index (χ0v) is 19.8. The molecule has 1 saturated heterocycles. The Balaban J connectivity index is 1.24. The molecule has 0 aromatic carbocycles. The van der Waals surface area contributed by atoms with Crippen molar-refractivity contribution in [3.63, 3.8) is 0 Å². The Bertz CT molecular complexity index is 1160. The van der Waals surface area contributed by atoms with Crippen LogP contribution in [0.3, 0.4) is 0 Å². The molecule has 2 aliphatic rings. The molecule has 5 heterocycles. The van der Waals surface area contributed by atoms with Gasteiger partial charge in [0.1, 0.15) is 17.2 Å². The van der Waals surface area contributed by atoms with Gasteiger partial charge in [-0.3, -0.25) is 14.6 Å². The predicted octanol–water partition coefficient (Wildman–Crippen LogP) is 2.77. The van der Waals surface area contributed by atoms with E-state index < -0.39 is 12.2 Å². The molecule has 0 amide bonds. The summed E-state index contributed by atoms with van der Waals surface area (Å²) in [5.41, 5.74) is 3.38. The third-order valence-electron chi connectivity index (χ3n) is 6.11. The summed E-state index contributed by atoms with van der Waals surface area (Å²) in [4.78, 5) is 11.9. The molecule has 2 unspecified atom stereocenters. The first kappa shape index (κ1) is 21.9. The Morgan fingerprint density at radius 1 is 1.24 bits per heavy atom. The Hall–Kier alpha value is -2.89. The molecule has 174 valence electrons. The molecule has 3 aromatic rings. The van der Waals surface area contributed by atoms with Crippen LogP contribution in [0, 0.1) is 26.6 Å². The van der Waals surface area contributed by atoms with Gasteiger partial charge in [-0.2, -0.15) is 10.2 Å². The number of aliphatic hydroxyl groups excluding tert-OH is 1. The standard InChI is InChI=1S/C22H26FN7O2S/c1-12-8-26-28(4)20(12)17-7-19(16(23)9-24-17)32-15-10-29(11-15)22(31)30-18(5-6-25-30)21-27-13(2)14(3)33-21/h6-9,15,18,22,31H,5,10-11H2,1-4H3. The number of aromatic nitrogens is 4. The first-order valence-corrected chi connectivity index (χ1v) is 11.6. The number of hydrogen-bond acceptors (Lipinski definition) is 9. The molecule has 0 bridgehead atoms. The predicted molar refractivity (Wildman–Crippen MR) is 122 cm³/mol. The van der Waals surface area contributed by atoms with Crippen molar-refractivity contribution in [2.45, 2.75) is 45.7 Å². The minimum atomic E-state index is -0.895. The average molecular weight is 472 g/mol. The van der Waals surface area contributed by atoms with Crippen molar-refractivity contribution < 1.29 is 14.2 Å². The molecule has 1 fully saturated rings. The molecular weight excluding hydrogens is 445 g/mol. The third kappa shape index (κ3) is 4.00. The summed E-state index contributed by atoms with van der Waals surface area (Å²) in [5, 5.41) is 22.1. The van der Waals surface area contributed by atoms with Crippen LogP contribution in [0.4, 0.5) is 4.39 Å². The average Bonchev–Trinajstić information content (AvgIpc) is 3.45. The maximum absolute atomic E-state index is 14.4. The van der Waals surface area contributed by atoms with Crippen molar-refractivity contribution in [2.75, 3.05) is 13.1 Å². The van der Waals surface area contributed by atoms with E-state index in [9.17, 15) is 9.50 Å². The number of aryl methyl sites for hydroxylation is 4. The zero-order valence-electron chi connectivity index (χ0n) is 18.9. The van der Waals surface area contributed by atoms with Gasteiger partial charge < -0.3 is 9.84 Å². The van der Waals surface area contributed by atoms with E-state index in [1.807, 2.05) is 38.9 Å². The van der Waals surface area contributed by atoms with E-state index >= 15 is 0 Å². The van der Waals surface area contributed by atoms with Crippen LogP contribution in [0.2, 0.25) is 0 Å². The van der Waals surface area contributed by atoms with Crippen LogP contribution < -0.4 is 4.74 Å². The van der Waals surface area contributed by atoms with Crippen LogP contribution in [0.5, 0.6) is 5.75 Å². The van der Waals surface area contributed by atoms with Gasteiger partial charge in [0.25, 0.3) is 0 Å². The van der Waals surface area contributed by atoms with Crippen LogP contribution in [-0.2, 0) is 7.05 Å². The summed E-state index contributed by atoms with van der Waals surface area (Å²) in [6.45, 7) is 6.88. The number of rotatable bonds is 6. The summed E-state index contributed by atoms with van der Waals surface area (Å²) in [5.74, 6) is -0.373. The molecular formula is C22H26FN7O2S. The molecule has 2 aliphatic heterocycles. The number of halogens is 1. The van der Waals surface area contributed by atoms with Gasteiger partial charge >= 0.3 is 0 Å². The first-order valence-electron chi connectivity index (χ1n) is 10.8. The van der Waals surface area contributed by atoms with Crippen molar-refractivity contribution in [3.05, 3.63) is 45.4 Å². The topological polar surface area (TPSA) is 91.9 Å². The maximum atomic E-state index is 14.4. The molecule has 9 nitrogen and oxygen atoms in total. The van der Waals surface area contributed by atoms with Crippen LogP contribution in [0.25, 0.3) is 11.4 Å². The van der Waals surface area contributed by atoms with Gasteiger partial charge in [0.2, 0.25) is 6.35 Å². The SMILES string of the molecule is Cc1cnn(C)c1-c1cc(OC2CN(C(O)N3N=CCC3c3nc(C)c(C)s3)C2)c(F)cn1. The van der Waals surface area contributed by atoms with Crippen molar-refractivity contribution >= 4 is 17.6 Å². The largest absolute Gasteiger partial charge is 0.485 e. The van der Waals surface area contributed by atoms with E-state index in [2.05, 4.69) is 20.2 Å². The normalized spacial score (nSPS) is 19.8. The Morgan fingerprint density at radius 2 is 2.03 bits per heavy atom. The van der Waals surface area contributed by atoms with Gasteiger partial charge in [0, 0.05) is 43.7 Å². The Morgan fingerprint density at radius 3 is 2.70 bits per heavy atom. The molecule has 0 saturated carbocycles. The lowest BCUT2D eigenvalue weighted by atomic mass is 10.1. The molecule has 1 N–H and O–H groups in total. The van der Waals surface area contributed by atoms with E-state index in [1.165, 1.54) is 11.1 Å². The lowest BCUT2D eigenvalue weighted by Crippen LogP contribution is -2.61. The second kappa shape index (κ2) is 8.47. The molecule has 2 atom stereocenters. The highest BCUT2D eigenvalue weighted by Crippen LogP contribution is 2.35. The van der Waals surface area contributed by atoms with Gasteiger partial charge in [0.05, 0.1) is 29.5 Å². The van der Waals surface area contributed by atoms with E-state index in [1.54, 1.807) is 33.3 Å². The van der Waals surface area contributed by atoms with Crippen molar-refractivity contribution in [1.29, 1.82) is 0 Å². The van der Waals surface area contributed by atoms with Crippen LogP contribution >= 0.6 is 11.3 Å². The minimum absolute atomic E-state index is 0.0836. The number of thiazole rings is 1. The van der Waals surface area contributed by atoms with Gasteiger partial charge in [-0.05, 0) is 26.3 Å². The minimum Gasteiger partial charge on any atom is -0.485 e. The number of hydrogen-bond donors (Lipinski definition) is 1. The van der Waals surface area contributed by atoms with E-state index in [-0.39, 0.29) is 17.9 Å². The third-order valence-corrected chi connectivity index (χ3v) is 7.28. The zero-order chi connectivity index (χ0) is 23.3. The van der Waals surface area contributed by atoms with Gasteiger partial charge in [-0.1, -0.05) is 0 Å². The molecule has 5 rings (SSSR count). The fourth-order valence-corrected chi connectivity index (χ4v) is 5.17. The highest BCUT2D eigenvalue weighted by atomic mass is 32.1. The van der Waals surface area contributed by atoms with Gasteiger partial charge in [-0.15, -0.1) is 11.3 Å². The van der Waals surface area contributed by atoms with Crippen LogP contribution in [-0.4, -0.2) is 66.5 Å². The molecule has 11 heteroatoms. The monoisotopic (exact) mass is 471 g/mol. The summed E-state index contributed by atoms with van der Waals surface area (Å²) in [6, 6.07) is 1.52. The van der Waals surface area contributed by atoms with Crippen molar-refractivity contribution in [3.8, 4) is 17.1 Å². The number of pyridine rings is 1. The lowest BCUT2D eigenvalue weighted by Gasteiger charge is -2.44. The number of likely N-dealkylation sites (tertiary alicyclic amines) is 1. The summed E-state index contributed by atoms with van der Waals surface area (Å²) in [7, 11) is 1.82. The first-order chi connectivity index (χ1) is 15.8. The number of aliphatic hydroxyl groups is 1. The highest BCUT2D eigenvalue weighted by molar-refractivity contribution is 7.11. The lowest BCUT2D eigenvalue weighted by molar-refractivity contribution is -0.173. The summed E-state index contributed by atoms with van der Waals surface area (Å²) in [6.07, 6.45) is 4.29. The van der Waals surface area contributed by atoms with Gasteiger partial charge in [0.15, 0.2) is 11.6 Å². The fraction of sp³-hybridized carbons (Fsp3) is 0.455. The number of hydrazone groups is 1. The van der Waals surface area contributed by atoms with E-state index in [4.69, 9.17) is 4.74 Å². The van der Waals surface area contributed by atoms with Crippen LogP contribution in [0.1, 0.15) is 33.6 Å². The molecule has 0 spiro atoms. The van der Waals surface area contributed by atoms with Crippen molar-refractivity contribution in [1.82, 2.24) is 29.7 Å². The van der Waals surface area contributed by atoms with Gasteiger partial charge in [-0.25, -0.2) is 14.4 Å². The Kier molecular flexibility index (Phi) is 5.63. The quantitative estimate of drug-likeness (QED) is 0.591. The van der Waals surface area contributed by atoms with Crippen molar-refractivity contribution in [2.24, 2.45) is 12.1 Å². The second-order valence-corrected chi connectivity index (χ2v) is 9.70. The van der Waals surface area contributed by atoms with Crippen LogP contribution in [0.15, 0.2) is 23.6 Å². The molecule has 3 aromatic heterocycles. The number of nitrogens with zero attached hydrogens (tertiary/aromatic N) is 7. The highest BCUT2D eigenvalue weighted by Gasteiger charge is 2.40. The smallest absolute Gasteiger partial charge is 0.202 e. The summed E-state index contributed by atoms with van der Waals surface area (Å²) < 4.78 is 22.0. The van der Waals surface area contributed by atoms with E-state index in [0.29, 0.717) is 25.2 Å². The molecule has 33 heavy (non-hydrogen) atoms.